The first-order valence-electron chi connectivity index (χ1n) is 9.16. The maximum Gasteiger partial charge on any atom is 0.416 e. The Morgan fingerprint density at radius 3 is 2.43 bits per heavy atom. The van der Waals surface area contributed by atoms with E-state index in [4.69, 9.17) is 5.11 Å². The van der Waals surface area contributed by atoms with Gasteiger partial charge in [0.2, 0.25) is 0 Å². The summed E-state index contributed by atoms with van der Waals surface area (Å²) in [4.78, 5) is 19.2. The monoisotopic (exact) mass is 414 g/mol. The summed E-state index contributed by atoms with van der Waals surface area (Å²) in [5.74, 6) is 0.498. The first-order chi connectivity index (χ1) is 14.3. The second-order valence-corrected chi connectivity index (χ2v) is 7.03. The standard InChI is InChI=1S/C21H17F3N4O2/c22-21(23,24)15-4-1-12(2-5-15)18-10-19(26-11-25-18)27-16-6-3-13-7-17(28-20(29)30)9-14(13)8-16/h1-6,8,10-11,17,28H,7,9H2,(H,29,30)(H,25,26,27). The van der Waals surface area contributed by atoms with Crippen molar-refractivity contribution in [2.45, 2.75) is 25.1 Å². The Hall–Kier alpha value is -3.62. The van der Waals surface area contributed by atoms with Gasteiger partial charge in [-0.15, -0.1) is 0 Å². The number of halogens is 3. The number of carbonyl (C=O) groups is 1. The second-order valence-electron chi connectivity index (χ2n) is 7.03. The van der Waals surface area contributed by atoms with Crippen molar-refractivity contribution >= 4 is 17.6 Å². The van der Waals surface area contributed by atoms with Crippen LogP contribution in [0.1, 0.15) is 16.7 Å². The molecular formula is C21H17F3N4O2. The van der Waals surface area contributed by atoms with E-state index in [-0.39, 0.29) is 6.04 Å². The number of hydrogen-bond acceptors (Lipinski definition) is 4. The lowest BCUT2D eigenvalue weighted by Gasteiger charge is -2.10. The number of nitrogens with one attached hydrogen (secondary N) is 2. The van der Waals surface area contributed by atoms with Crippen LogP contribution in [0.25, 0.3) is 11.3 Å². The Labute approximate surface area is 169 Å². The third-order valence-corrected chi connectivity index (χ3v) is 4.91. The summed E-state index contributed by atoms with van der Waals surface area (Å²) in [6, 6.07) is 12.1. The van der Waals surface area contributed by atoms with Crippen LogP contribution < -0.4 is 10.6 Å². The lowest BCUT2D eigenvalue weighted by molar-refractivity contribution is -0.137. The third kappa shape index (κ3) is 4.35. The molecule has 0 bridgehead atoms. The highest BCUT2D eigenvalue weighted by Gasteiger charge is 2.30. The van der Waals surface area contributed by atoms with Crippen molar-refractivity contribution in [1.82, 2.24) is 15.3 Å². The molecule has 1 amide bonds. The van der Waals surface area contributed by atoms with Gasteiger partial charge in [-0.25, -0.2) is 14.8 Å². The Kier molecular flexibility index (Phi) is 5.03. The molecule has 30 heavy (non-hydrogen) atoms. The molecule has 3 aromatic rings. The highest BCUT2D eigenvalue weighted by atomic mass is 19.4. The largest absolute Gasteiger partial charge is 0.465 e. The number of nitrogens with zero attached hydrogens (tertiary/aromatic N) is 2. The molecule has 4 rings (SSSR count). The van der Waals surface area contributed by atoms with Crippen molar-refractivity contribution in [1.29, 1.82) is 0 Å². The van der Waals surface area contributed by atoms with Crippen LogP contribution in [0.3, 0.4) is 0 Å². The molecule has 1 aliphatic carbocycles. The minimum Gasteiger partial charge on any atom is -0.465 e. The van der Waals surface area contributed by atoms with Crippen LogP contribution in [0.15, 0.2) is 54.9 Å². The molecule has 1 aromatic heterocycles. The number of amides is 1. The van der Waals surface area contributed by atoms with Gasteiger partial charge in [0, 0.05) is 23.4 Å². The van der Waals surface area contributed by atoms with Crippen LogP contribution in [0, 0.1) is 0 Å². The topological polar surface area (TPSA) is 87.1 Å². The van der Waals surface area contributed by atoms with Crippen molar-refractivity contribution in [2.75, 3.05) is 5.32 Å². The summed E-state index contributed by atoms with van der Waals surface area (Å²) in [5.41, 5.74) is 3.25. The molecule has 0 aliphatic heterocycles. The Morgan fingerprint density at radius 2 is 1.73 bits per heavy atom. The van der Waals surface area contributed by atoms with Gasteiger partial charge in [-0.3, -0.25) is 0 Å². The van der Waals surface area contributed by atoms with E-state index in [1.807, 2.05) is 18.2 Å². The SMILES string of the molecule is O=C(O)NC1Cc2ccc(Nc3cc(-c4ccc(C(F)(F)F)cc4)ncn3)cc2C1. The van der Waals surface area contributed by atoms with Crippen molar-refractivity contribution in [3.8, 4) is 11.3 Å². The summed E-state index contributed by atoms with van der Waals surface area (Å²) in [6.45, 7) is 0. The molecule has 0 radical (unpaired) electrons. The van der Waals surface area contributed by atoms with Crippen LogP contribution >= 0.6 is 0 Å². The molecule has 6 nitrogen and oxygen atoms in total. The molecule has 0 spiro atoms. The van der Waals surface area contributed by atoms with E-state index in [2.05, 4.69) is 20.6 Å². The minimum absolute atomic E-state index is 0.141. The second kappa shape index (κ2) is 7.66. The Balaban J connectivity index is 1.50. The predicted octanol–water partition coefficient (Wildman–Crippen LogP) is 4.64. The van der Waals surface area contributed by atoms with E-state index < -0.39 is 17.8 Å². The van der Waals surface area contributed by atoms with Crippen LogP contribution in [0.4, 0.5) is 29.5 Å². The van der Waals surface area contributed by atoms with E-state index in [1.54, 1.807) is 6.07 Å². The maximum atomic E-state index is 12.7. The molecule has 0 saturated heterocycles. The summed E-state index contributed by atoms with van der Waals surface area (Å²) >= 11 is 0. The smallest absolute Gasteiger partial charge is 0.416 e. The van der Waals surface area contributed by atoms with Crippen LogP contribution in [0.2, 0.25) is 0 Å². The Bertz CT molecular complexity index is 1080. The van der Waals surface area contributed by atoms with Crippen LogP contribution in [0.5, 0.6) is 0 Å². The summed E-state index contributed by atoms with van der Waals surface area (Å²) in [6.07, 6.45) is -2.83. The molecular weight excluding hydrogens is 397 g/mol. The lowest BCUT2D eigenvalue weighted by atomic mass is 10.1. The van der Waals surface area contributed by atoms with Gasteiger partial charge in [0.25, 0.3) is 0 Å². The average molecular weight is 414 g/mol. The zero-order valence-electron chi connectivity index (χ0n) is 15.6. The van der Waals surface area contributed by atoms with E-state index in [0.29, 0.717) is 29.9 Å². The van der Waals surface area contributed by atoms with E-state index in [0.717, 1.165) is 28.9 Å². The van der Waals surface area contributed by atoms with Gasteiger partial charge in [-0.1, -0.05) is 18.2 Å². The molecule has 154 valence electrons. The number of benzene rings is 2. The number of anilines is 2. The number of carboxylic acid groups (broad SMARTS) is 1. The number of alkyl halides is 3. The number of hydrogen-bond donors (Lipinski definition) is 3. The highest BCUT2D eigenvalue weighted by Crippen LogP contribution is 2.31. The molecule has 9 heteroatoms. The number of fused-ring (bicyclic) bond motifs is 1. The van der Waals surface area contributed by atoms with Crippen molar-refractivity contribution in [2.24, 2.45) is 0 Å². The molecule has 1 unspecified atom stereocenters. The molecule has 1 atom stereocenters. The summed E-state index contributed by atoms with van der Waals surface area (Å²) in [5, 5.41) is 14.6. The van der Waals surface area contributed by atoms with Gasteiger partial charge in [0.05, 0.1) is 11.3 Å². The van der Waals surface area contributed by atoms with Gasteiger partial charge in [0.1, 0.15) is 12.1 Å². The van der Waals surface area contributed by atoms with Gasteiger partial charge in [0.15, 0.2) is 0 Å². The fourth-order valence-electron chi connectivity index (χ4n) is 3.53. The fourth-order valence-corrected chi connectivity index (χ4v) is 3.53. The van der Waals surface area contributed by atoms with E-state index >= 15 is 0 Å². The van der Waals surface area contributed by atoms with Crippen molar-refractivity contribution in [3.63, 3.8) is 0 Å². The fraction of sp³-hybridized carbons (Fsp3) is 0.190. The van der Waals surface area contributed by atoms with Gasteiger partial charge >= 0.3 is 12.3 Å². The van der Waals surface area contributed by atoms with Crippen molar-refractivity contribution < 1.29 is 23.1 Å². The minimum atomic E-state index is -4.39. The van der Waals surface area contributed by atoms with Gasteiger partial charge in [-0.05, 0) is 48.2 Å². The summed E-state index contributed by atoms with van der Waals surface area (Å²) in [7, 11) is 0. The first-order valence-corrected chi connectivity index (χ1v) is 9.16. The predicted molar refractivity (Wildman–Crippen MR) is 105 cm³/mol. The number of aromatic nitrogens is 2. The number of rotatable bonds is 4. The van der Waals surface area contributed by atoms with Crippen LogP contribution in [-0.4, -0.2) is 27.2 Å². The van der Waals surface area contributed by atoms with E-state index in [1.165, 1.54) is 18.5 Å². The molecule has 2 aromatic carbocycles. The molecule has 0 saturated carbocycles. The zero-order valence-corrected chi connectivity index (χ0v) is 15.6. The zero-order chi connectivity index (χ0) is 21.3. The maximum absolute atomic E-state index is 12.7. The normalized spacial score (nSPS) is 15.5. The van der Waals surface area contributed by atoms with Gasteiger partial charge in [-0.2, -0.15) is 13.2 Å². The van der Waals surface area contributed by atoms with Gasteiger partial charge < -0.3 is 15.7 Å². The molecule has 0 fully saturated rings. The molecule has 1 heterocycles. The molecule has 3 N–H and O–H groups in total. The molecule has 1 aliphatic rings. The van der Waals surface area contributed by atoms with Crippen LogP contribution in [-0.2, 0) is 19.0 Å². The lowest BCUT2D eigenvalue weighted by Crippen LogP contribution is -2.33. The average Bonchev–Trinajstić information content (AvgIpc) is 3.08. The van der Waals surface area contributed by atoms with E-state index in [9.17, 15) is 18.0 Å². The first kappa shape index (κ1) is 19.7. The summed E-state index contributed by atoms with van der Waals surface area (Å²) < 4.78 is 38.2. The highest BCUT2D eigenvalue weighted by molar-refractivity contribution is 5.67. The third-order valence-electron chi connectivity index (χ3n) is 4.91. The quantitative estimate of drug-likeness (QED) is 0.579. The Morgan fingerprint density at radius 1 is 1.00 bits per heavy atom. The van der Waals surface area contributed by atoms with Crippen molar-refractivity contribution in [3.05, 3.63) is 71.5 Å².